The Hall–Kier alpha value is -0.300. The normalized spacial score (nSPS) is 30.1. The van der Waals surface area contributed by atoms with Crippen LogP contribution in [0.5, 0.6) is 0 Å². The lowest BCUT2D eigenvalue weighted by Gasteiger charge is -2.46. The molecule has 2 heterocycles. The highest BCUT2D eigenvalue weighted by Crippen LogP contribution is 2.42. The van der Waals surface area contributed by atoms with Crippen LogP contribution in [0.15, 0.2) is 0 Å². The summed E-state index contributed by atoms with van der Waals surface area (Å²) in [6.07, 6.45) is 1.36. The number of nitrogens with two attached hydrogens (primary N) is 1. The molecule has 21 heavy (non-hydrogen) atoms. The molecule has 2 aliphatic heterocycles. The zero-order valence-corrected chi connectivity index (χ0v) is 14.2. The summed E-state index contributed by atoms with van der Waals surface area (Å²) in [6, 6.07) is -0.801. The summed E-state index contributed by atoms with van der Waals surface area (Å²) in [5.41, 5.74) is 5.83. The summed E-state index contributed by atoms with van der Waals surface area (Å²) in [4.78, 5) is 16.9. The average molecular weight is 315 g/mol. The summed E-state index contributed by atoms with van der Waals surface area (Å²) in [7, 11) is 0. The van der Waals surface area contributed by atoms with Gasteiger partial charge in [-0.25, -0.2) is 0 Å². The van der Waals surface area contributed by atoms with Gasteiger partial charge in [0, 0.05) is 31.9 Å². The summed E-state index contributed by atoms with van der Waals surface area (Å²) in [6.45, 7) is 9.75. The second kappa shape index (κ2) is 6.86. The maximum absolute atomic E-state index is 12.4. The summed E-state index contributed by atoms with van der Waals surface area (Å²) in [5, 5.41) is 9.56. The van der Waals surface area contributed by atoms with E-state index in [1.807, 2.05) is 16.7 Å². The molecule has 5 nitrogen and oxygen atoms in total. The molecule has 0 aliphatic carbocycles. The molecule has 2 rings (SSSR count). The third kappa shape index (κ3) is 3.73. The van der Waals surface area contributed by atoms with E-state index in [9.17, 15) is 9.90 Å². The van der Waals surface area contributed by atoms with Gasteiger partial charge in [0.2, 0.25) is 5.91 Å². The number of amides is 1. The monoisotopic (exact) mass is 315 g/mol. The second-order valence-electron chi connectivity index (χ2n) is 6.76. The number of piperidine rings is 1. The van der Waals surface area contributed by atoms with Gasteiger partial charge in [0.15, 0.2) is 0 Å². The molecule has 0 saturated carbocycles. The molecule has 0 aromatic heterocycles. The summed E-state index contributed by atoms with van der Waals surface area (Å²) < 4.78 is 0. The van der Waals surface area contributed by atoms with Crippen LogP contribution in [0.1, 0.15) is 33.6 Å². The van der Waals surface area contributed by atoms with Crippen molar-refractivity contribution in [3.8, 4) is 0 Å². The standard InChI is InChI=1S/C15H29N3O2S/c1-11(2)9-18-7-8-21-15(18)5-4-6-17(10-15)14(20)13(16)12(3)19/h11-13,19H,4-10,16H2,1-3H3/t12-,13+,15?/m1/s1. The van der Waals surface area contributed by atoms with Crippen LogP contribution < -0.4 is 5.73 Å². The Kier molecular flexibility index (Phi) is 5.57. The molecule has 0 aromatic rings. The molecule has 2 aliphatic rings. The molecule has 0 bridgehead atoms. The van der Waals surface area contributed by atoms with Crippen LogP contribution in [-0.4, -0.2) is 69.8 Å². The highest BCUT2D eigenvalue weighted by Gasteiger charge is 2.46. The van der Waals surface area contributed by atoms with E-state index >= 15 is 0 Å². The number of thioether (sulfide) groups is 1. The van der Waals surface area contributed by atoms with Crippen molar-refractivity contribution in [1.29, 1.82) is 0 Å². The Morgan fingerprint density at radius 1 is 1.38 bits per heavy atom. The topological polar surface area (TPSA) is 69.8 Å². The van der Waals surface area contributed by atoms with Crippen molar-refractivity contribution in [2.75, 3.05) is 31.9 Å². The first-order valence-electron chi connectivity index (χ1n) is 7.97. The molecule has 2 saturated heterocycles. The van der Waals surface area contributed by atoms with E-state index in [1.165, 1.54) is 0 Å². The van der Waals surface area contributed by atoms with E-state index in [4.69, 9.17) is 5.73 Å². The number of hydrogen-bond donors (Lipinski definition) is 2. The molecule has 1 spiro atoms. The second-order valence-corrected chi connectivity index (χ2v) is 8.22. The molecule has 0 aromatic carbocycles. The first-order valence-corrected chi connectivity index (χ1v) is 8.96. The van der Waals surface area contributed by atoms with Crippen molar-refractivity contribution in [2.24, 2.45) is 11.7 Å². The number of hydrogen-bond acceptors (Lipinski definition) is 5. The summed E-state index contributed by atoms with van der Waals surface area (Å²) >= 11 is 1.99. The van der Waals surface area contributed by atoms with Gasteiger partial charge < -0.3 is 15.7 Å². The van der Waals surface area contributed by atoms with E-state index in [2.05, 4.69) is 18.7 Å². The molecule has 6 heteroatoms. The van der Waals surface area contributed by atoms with E-state index in [1.54, 1.807) is 6.92 Å². The Morgan fingerprint density at radius 3 is 2.71 bits per heavy atom. The number of likely N-dealkylation sites (tertiary alicyclic amines) is 1. The lowest BCUT2D eigenvalue weighted by Crippen LogP contribution is -2.59. The summed E-state index contributed by atoms with van der Waals surface area (Å²) in [5.74, 6) is 1.66. The van der Waals surface area contributed by atoms with Gasteiger partial charge in [0.1, 0.15) is 6.04 Å². The number of aliphatic hydroxyl groups excluding tert-OH is 1. The minimum Gasteiger partial charge on any atom is -0.391 e. The molecule has 0 radical (unpaired) electrons. The fourth-order valence-electron chi connectivity index (χ4n) is 3.32. The number of nitrogens with zero attached hydrogens (tertiary/aromatic N) is 2. The Labute approximate surface area is 132 Å². The Morgan fingerprint density at radius 2 is 2.10 bits per heavy atom. The van der Waals surface area contributed by atoms with Gasteiger partial charge in [-0.15, -0.1) is 11.8 Å². The van der Waals surface area contributed by atoms with Crippen molar-refractivity contribution in [3.63, 3.8) is 0 Å². The number of carbonyl (C=O) groups is 1. The molecule has 3 atom stereocenters. The van der Waals surface area contributed by atoms with E-state index in [0.717, 1.165) is 44.8 Å². The minimum atomic E-state index is -0.801. The predicted octanol–water partition coefficient (Wildman–Crippen LogP) is 0.718. The highest BCUT2D eigenvalue weighted by molar-refractivity contribution is 8.00. The van der Waals surface area contributed by atoms with E-state index in [-0.39, 0.29) is 10.8 Å². The number of aliphatic hydroxyl groups is 1. The minimum absolute atomic E-state index is 0.0661. The number of rotatable bonds is 4. The van der Waals surface area contributed by atoms with Crippen LogP contribution in [0.4, 0.5) is 0 Å². The quantitative estimate of drug-likeness (QED) is 0.800. The van der Waals surface area contributed by atoms with Crippen molar-refractivity contribution in [3.05, 3.63) is 0 Å². The average Bonchev–Trinajstić information content (AvgIpc) is 2.78. The van der Waals surface area contributed by atoms with Crippen molar-refractivity contribution >= 4 is 17.7 Å². The van der Waals surface area contributed by atoms with Crippen LogP contribution in [-0.2, 0) is 4.79 Å². The van der Waals surface area contributed by atoms with Crippen molar-refractivity contribution in [1.82, 2.24) is 9.80 Å². The maximum Gasteiger partial charge on any atom is 0.242 e. The van der Waals surface area contributed by atoms with Crippen LogP contribution in [0.3, 0.4) is 0 Å². The first-order chi connectivity index (χ1) is 9.85. The number of carbonyl (C=O) groups excluding carboxylic acids is 1. The molecule has 3 N–H and O–H groups in total. The SMILES string of the molecule is CC(C)CN1CCSC12CCCN(C(=O)[C@@H](N)[C@@H](C)O)C2. The zero-order chi connectivity index (χ0) is 15.6. The van der Waals surface area contributed by atoms with Crippen LogP contribution in [0.25, 0.3) is 0 Å². The molecular weight excluding hydrogens is 286 g/mol. The van der Waals surface area contributed by atoms with Gasteiger partial charge in [-0.2, -0.15) is 0 Å². The van der Waals surface area contributed by atoms with Gasteiger partial charge in [0.05, 0.1) is 11.0 Å². The third-order valence-electron chi connectivity index (χ3n) is 4.44. The predicted molar refractivity (Wildman–Crippen MR) is 87.1 cm³/mol. The zero-order valence-electron chi connectivity index (χ0n) is 13.4. The van der Waals surface area contributed by atoms with Gasteiger partial charge in [-0.1, -0.05) is 13.8 Å². The molecule has 122 valence electrons. The van der Waals surface area contributed by atoms with Gasteiger partial charge in [-0.05, 0) is 25.7 Å². The van der Waals surface area contributed by atoms with Crippen LogP contribution in [0, 0.1) is 5.92 Å². The largest absolute Gasteiger partial charge is 0.391 e. The Balaban J connectivity index is 2.07. The lowest BCUT2D eigenvalue weighted by molar-refractivity contribution is -0.137. The molecule has 1 amide bonds. The lowest BCUT2D eigenvalue weighted by atomic mass is 10.0. The fraction of sp³-hybridized carbons (Fsp3) is 0.933. The highest BCUT2D eigenvalue weighted by atomic mass is 32.2. The smallest absolute Gasteiger partial charge is 0.242 e. The van der Waals surface area contributed by atoms with Crippen molar-refractivity contribution < 1.29 is 9.90 Å². The fourth-order valence-corrected chi connectivity index (χ4v) is 4.90. The first kappa shape index (κ1) is 17.1. The van der Waals surface area contributed by atoms with Gasteiger partial charge >= 0.3 is 0 Å². The van der Waals surface area contributed by atoms with Gasteiger partial charge in [0.25, 0.3) is 0 Å². The molecular formula is C15H29N3O2S. The molecule has 1 unspecified atom stereocenters. The molecule has 2 fully saturated rings. The van der Waals surface area contributed by atoms with Gasteiger partial charge in [-0.3, -0.25) is 9.69 Å². The maximum atomic E-state index is 12.4. The van der Waals surface area contributed by atoms with E-state index in [0.29, 0.717) is 5.92 Å². The van der Waals surface area contributed by atoms with E-state index < -0.39 is 12.1 Å². The van der Waals surface area contributed by atoms with Crippen LogP contribution >= 0.6 is 11.8 Å². The Bertz CT molecular complexity index is 378. The van der Waals surface area contributed by atoms with Crippen LogP contribution in [0.2, 0.25) is 0 Å². The van der Waals surface area contributed by atoms with Crippen molar-refractivity contribution in [2.45, 2.75) is 50.6 Å². The third-order valence-corrected chi connectivity index (χ3v) is 5.96.